The second-order valence-electron chi connectivity index (χ2n) is 16.0. The van der Waals surface area contributed by atoms with Crippen LogP contribution in [-0.2, 0) is 33.2 Å². The van der Waals surface area contributed by atoms with E-state index in [9.17, 15) is 61.0 Å². The van der Waals surface area contributed by atoms with E-state index in [0.717, 1.165) is 6.08 Å². The van der Waals surface area contributed by atoms with Gasteiger partial charge >= 0.3 is 5.97 Å². The summed E-state index contributed by atoms with van der Waals surface area (Å²) in [5, 5.41) is 115. The average molecular weight is 779 g/mol. The summed E-state index contributed by atoms with van der Waals surface area (Å²) in [6.07, 6.45) is -15.9. The van der Waals surface area contributed by atoms with Crippen molar-refractivity contribution < 1.29 is 89.4 Å². The molecule has 6 rings (SSSR count). The van der Waals surface area contributed by atoms with Crippen LogP contribution < -0.4 is 0 Å². The summed E-state index contributed by atoms with van der Waals surface area (Å²) in [6, 6.07) is 0. The van der Waals surface area contributed by atoms with Crippen LogP contribution >= 0.6 is 0 Å². The lowest BCUT2D eigenvalue weighted by Crippen LogP contribution is -2.66. The van der Waals surface area contributed by atoms with Crippen molar-refractivity contribution in [1.82, 2.24) is 0 Å². The highest BCUT2D eigenvalue weighted by Crippen LogP contribution is 2.44. The molecule has 3 aliphatic heterocycles. The number of carbonyl (C=O) groups is 1. The molecule has 0 aromatic heterocycles. The predicted octanol–water partition coefficient (Wildman–Crippen LogP) is -3.53. The van der Waals surface area contributed by atoms with Crippen molar-refractivity contribution in [2.75, 3.05) is 13.2 Å². The number of hydrogen-bond acceptors (Lipinski definition) is 18. The van der Waals surface area contributed by atoms with Crippen molar-refractivity contribution in [3.8, 4) is 0 Å². The monoisotopic (exact) mass is 778 g/mol. The Morgan fingerprint density at radius 3 is 1.87 bits per heavy atom. The molecule has 3 heterocycles. The fraction of sp³-hybridized carbons (Fsp3) is 0.917. The standard InChI is InChI=1S/C36H58O18/c37-13-25-29(46)31(48)34(35(51-25)50-24-12-19-21(42)10-18(40)11-23(19)49-32(24)16-3-5-17(39)6-4-16)54-36-33(30(47)28(45)26(14-38)52-36)53-27(44)8-2-15-1-7-20(41)22(43)9-15/h2,8,15-26,28-43,45-48H,1,3-7,9-14H2/t15?,16?,17?,18?,19?,20?,21?,22?,23?,24?,25-,26-,28-,29+,30+,31+,32?,33-,34-,35-,36+/m1/s1. The predicted molar refractivity (Wildman–Crippen MR) is 180 cm³/mol. The maximum absolute atomic E-state index is 13.0. The highest BCUT2D eigenvalue weighted by atomic mass is 16.8. The molecule has 0 amide bonds. The van der Waals surface area contributed by atoms with Gasteiger partial charge in [0.25, 0.3) is 0 Å². The van der Waals surface area contributed by atoms with Crippen molar-refractivity contribution >= 4 is 5.97 Å². The van der Waals surface area contributed by atoms with E-state index in [1.165, 1.54) is 6.08 Å². The third kappa shape index (κ3) is 9.47. The lowest BCUT2D eigenvalue weighted by Gasteiger charge is -2.51. The number of allylic oxidation sites excluding steroid dienone is 1. The quantitative estimate of drug-likeness (QED) is 0.0756. The van der Waals surface area contributed by atoms with E-state index in [0.29, 0.717) is 44.9 Å². The zero-order valence-electron chi connectivity index (χ0n) is 30.0. The van der Waals surface area contributed by atoms with Gasteiger partial charge < -0.3 is 84.6 Å². The number of ether oxygens (including phenoxy) is 6. The zero-order valence-corrected chi connectivity index (χ0v) is 30.0. The molecule has 0 aromatic rings. The molecule has 3 saturated carbocycles. The molecule has 0 spiro atoms. The molecule has 0 aromatic carbocycles. The smallest absolute Gasteiger partial charge is 0.330 e. The summed E-state index contributed by atoms with van der Waals surface area (Å²) in [5.41, 5.74) is 0. The summed E-state index contributed by atoms with van der Waals surface area (Å²) in [6.45, 7) is -1.51. The molecule has 0 bridgehead atoms. The minimum atomic E-state index is -1.86. The summed E-state index contributed by atoms with van der Waals surface area (Å²) in [4.78, 5) is 13.0. The molecule has 6 fully saturated rings. The van der Waals surface area contributed by atoms with Gasteiger partial charge in [0.15, 0.2) is 18.7 Å². The van der Waals surface area contributed by atoms with Crippen molar-refractivity contribution in [2.24, 2.45) is 17.8 Å². The molecule has 3 saturated heterocycles. The van der Waals surface area contributed by atoms with Crippen LogP contribution in [0.1, 0.15) is 64.2 Å². The Morgan fingerprint density at radius 2 is 1.24 bits per heavy atom. The Kier molecular flexibility index (Phi) is 14.4. The number of hydrogen-bond donors (Lipinski definition) is 11. The minimum absolute atomic E-state index is 0.0925. The third-order valence-corrected chi connectivity index (χ3v) is 12.2. The Balaban J connectivity index is 1.23. The van der Waals surface area contributed by atoms with E-state index in [-0.39, 0.29) is 31.1 Å². The van der Waals surface area contributed by atoms with Crippen LogP contribution in [0.2, 0.25) is 0 Å². The van der Waals surface area contributed by atoms with Gasteiger partial charge in [0.05, 0.1) is 62.0 Å². The lowest BCUT2D eigenvalue weighted by atomic mass is 9.73. The van der Waals surface area contributed by atoms with Gasteiger partial charge in [-0.1, -0.05) is 6.08 Å². The number of carbonyl (C=O) groups excluding carboxylic acids is 1. The van der Waals surface area contributed by atoms with Gasteiger partial charge in [0, 0.05) is 12.0 Å². The van der Waals surface area contributed by atoms with Gasteiger partial charge in [0.1, 0.15) is 42.7 Å². The van der Waals surface area contributed by atoms with E-state index in [2.05, 4.69) is 0 Å². The Bertz CT molecular complexity index is 1230. The second kappa shape index (κ2) is 18.4. The van der Waals surface area contributed by atoms with Crippen LogP contribution in [0.4, 0.5) is 0 Å². The van der Waals surface area contributed by atoms with Gasteiger partial charge in [-0.3, -0.25) is 0 Å². The number of rotatable bonds is 10. The minimum Gasteiger partial charge on any atom is -0.451 e. The fourth-order valence-corrected chi connectivity index (χ4v) is 9.03. The number of aliphatic hydroxyl groups is 11. The molecule has 19 atom stereocenters. The molecular formula is C36H58O18. The maximum atomic E-state index is 13.0. The van der Waals surface area contributed by atoms with Crippen LogP contribution in [0.5, 0.6) is 0 Å². The normalized spacial score (nSPS) is 50.4. The highest BCUT2D eigenvalue weighted by Gasteiger charge is 2.55. The summed E-state index contributed by atoms with van der Waals surface area (Å²) < 4.78 is 36.4. The van der Waals surface area contributed by atoms with E-state index in [1.807, 2.05) is 0 Å². The van der Waals surface area contributed by atoms with E-state index in [1.54, 1.807) is 0 Å². The van der Waals surface area contributed by atoms with Gasteiger partial charge in [-0.15, -0.1) is 0 Å². The maximum Gasteiger partial charge on any atom is 0.330 e. The summed E-state index contributed by atoms with van der Waals surface area (Å²) >= 11 is 0. The molecular weight excluding hydrogens is 720 g/mol. The topological polar surface area (TPSA) is 295 Å². The number of aliphatic hydroxyl groups excluding tert-OH is 11. The molecule has 6 aliphatic rings. The van der Waals surface area contributed by atoms with Crippen LogP contribution in [0.3, 0.4) is 0 Å². The fourth-order valence-electron chi connectivity index (χ4n) is 9.03. The van der Waals surface area contributed by atoms with Crippen molar-refractivity contribution in [2.45, 2.75) is 174 Å². The number of esters is 1. The van der Waals surface area contributed by atoms with E-state index < -0.39 is 135 Å². The zero-order chi connectivity index (χ0) is 38.8. The molecule has 310 valence electrons. The van der Waals surface area contributed by atoms with Gasteiger partial charge in [0.2, 0.25) is 0 Å². The first-order valence-electron chi connectivity index (χ1n) is 19.3. The molecule has 0 radical (unpaired) electrons. The van der Waals surface area contributed by atoms with Gasteiger partial charge in [-0.2, -0.15) is 0 Å². The van der Waals surface area contributed by atoms with Crippen LogP contribution in [-0.4, -0.2) is 186 Å². The first-order chi connectivity index (χ1) is 25.8. The molecule has 9 unspecified atom stereocenters. The first kappa shape index (κ1) is 42.2. The Labute approximate surface area is 312 Å². The Morgan fingerprint density at radius 1 is 0.611 bits per heavy atom. The summed E-state index contributed by atoms with van der Waals surface area (Å²) in [7, 11) is 0. The third-order valence-electron chi connectivity index (χ3n) is 12.2. The largest absolute Gasteiger partial charge is 0.451 e. The Hall–Kier alpha value is -1.43. The molecule has 11 N–H and O–H groups in total. The van der Waals surface area contributed by atoms with Crippen molar-refractivity contribution in [1.29, 1.82) is 0 Å². The summed E-state index contributed by atoms with van der Waals surface area (Å²) in [5.74, 6) is -1.76. The highest BCUT2D eigenvalue weighted by molar-refractivity contribution is 5.82. The van der Waals surface area contributed by atoms with Gasteiger partial charge in [-0.05, 0) is 76.0 Å². The van der Waals surface area contributed by atoms with Crippen molar-refractivity contribution in [3.05, 3.63) is 12.2 Å². The SMILES string of the molecule is O=C(C=CC1CCC(O)C(O)C1)O[C@H]1[C@H](O[C@H]2[C@H](OC3CC4C(O)CC(O)CC4OC3C3CCC(O)CC3)O[C@H](CO)[C@H](O)[C@@H]2O)O[C@H](CO)[C@@H](O)[C@@H]1O. The van der Waals surface area contributed by atoms with Crippen molar-refractivity contribution in [3.63, 3.8) is 0 Å². The molecule has 54 heavy (non-hydrogen) atoms. The average Bonchev–Trinajstić information content (AvgIpc) is 3.14. The van der Waals surface area contributed by atoms with E-state index in [4.69, 9.17) is 28.4 Å². The van der Waals surface area contributed by atoms with E-state index >= 15 is 0 Å². The molecule has 18 heteroatoms. The second-order valence-corrected chi connectivity index (χ2v) is 16.0. The van der Waals surface area contributed by atoms with Crippen LogP contribution in [0, 0.1) is 17.8 Å². The first-order valence-corrected chi connectivity index (χ1v) is 19.3. The van der Waals surface area contributed by atoms with Crippen LogP contribution in [0.25, 0.3) is 0 Å². The molecule has 3 aliphatic carbocycles. The number of fused-ring (bicyclic) bond motifs is 1. The van der Waals surface area contributed by atoms with Crippen LogP contribution in [0.15, 0.2) is 12.2 Å². The van der Waals surface area contributed by atoms with Gasteiger partial charge in [-0.25, -0.2) is 4.79 Å². The lowest BCUT2D eigenvalue weighted by molar-refractivity contribution is -0.379. The molecule has 18 nitrogen and oxygen atoms in total.